The van der Waals surface area contributed by atoms with Crippen LogP contribution in [0.5, 0.6) is 0 Å². The van der Waals surface area contributed by atoms with Crippen molar-refractivity contribution in [3.8, 4) is 0 Å². The highest BCUT2D eigenvalue weighted by Gasteiger charge is 2.29. The number of hydrogen-bond donors (Lipinski definition) is 0. The van der Waals surface area contributed by atoms with Crippen molar-refractivity contribution in [2.75, 3.05) is 6.61 Å². The number of carbonyl (C=O) groups excluding carboxylic acids is 1. The molecular formula is C14H17F3O2. The van der Waals surface area contributed by atoms with Crippen LogP contribution in [-0.2, 0) is 9.53 Å². The number of esters is 1. The number of benzene rings is 1. The third-order valence-corrected chi connectivity index (χ3v) is 2.14. The lowest BCUT2D eigenvalue weighted by molar-refractivity contribution is -0.183. The molecular weight excluding hydrogens is 257 g/mol. The van der Waals surface area contributed by atoms with Gasteiger partial charge in [0.15, 0.2) is 6.61 Å². The van der Waals surface area contributed by atoms with Crippen molar-refractivity contribution in [3.05, 3.63) is 47.5 Å². The van der Waals surface area contributed by atoms with Gasteiger partial charge < -0.3 is 4.74 Å². The number of hydrogen-bond acceptors (Lipinski definition) is 2. The summed E-state index contributed by atoms with van der Waals surface area (Å²) in [6, 6.07) is 8.36. The topological polar surface area (TPSA) is 26.3 Å². The zero-order valence-corrected chi connectivity index (χ0v) is 11.2. The Morgan fingerprint density at radius 2 is 1.63 bits per heavy atom. The van der Waals surface area contributed by atoms with Crippen LogP contribution in [0.2, 0.25) is 0 Å². The monoisotopic (exact) mass is 274 g/mol. The van der Waals surface area contributed by atoms with Gasteiger partial charge in [0, 0.05) is 5.57 Å². The van der Waals surface area contributed by atoms with E-state index in [-0.39, 0.29) is 5.57 Å². The van der Waals surface area contributed by atoms with Crippen LogP contribution in [-0.4, -0.2) is 18.8 Å². The molecule has 0 saturated carbocycles. The molecule has 0 unspecified atom stereocenters. The van der Waals surface area contributed by atoms with Crippen LogP contribution in [0.25, 0.3) is 0 Å². The summed E-state index contributed by atoms with van der Waals surface area (Å²) < 4.78 is 37.9. The van der Waals surface area contributed by atoms with E-state index in [1.165, 1.54) is 18.1 Å². The van der Waals surface area contributed by atoms with Crippen LogP contribution in [0.1, 0.15) is 18.1 Å². The molecule has 0 saturated heterocycles. The van der Waals surface area contributed by atoms with E-state index in [1.54, 1.807) is 0 Å². The molecule has 0 aliphatic rings. The Labute approximate surface area is 110 Å². The Hall–Kier alpha value is -1.78. The van der Waals surface area contributed by atoms with Crippen LogP contribution in [0.15, 0.2) is 36.4 Å². The second-order valence-electron chi connectivity index (χ2n) is 4.06. The molecule has 1 aromatic carbocycles. The van der Waals surface area contributed by atoms with Crippen LogP contribution in [0.3, 0.4) is 0 Å². The number of ether oxygens (including phenoxy) is 1. The Morgan fingerprint density at radius 3 is 1.89 bits per heavy atom. The van der Waals surface area contributed by atoms with Crippen molar-refractivity contribution < 1.29 is 22.7 Å². The third-order valence-electron chi connectivity index (χ3n) is 2.14. The molecule has 0 aliphatic carbocycles. The molecule has 0 atom stereocenters. The highest BCUT2D eigenvalue weighted by Crippen LogP contribution is 2.14. The average molecular weight is 274 g/mol. The Balaban J connectivity index is 0.000000356. The molecule has 2 nitrogen and oxygen atoms in total. The van der Waals surface area contributed by atoms with E-state index in [2.05, 4.69) is 49.4 Å². The predicted molar refractivity (Wildman–Crippen MR) is 67.7 cm³/mol. The highest BCUT2D eigenvalue weighted by molar-refractivity contribution is 5.86. The summed E-state index contributed by atoms with van der Waals surface area (Å²) >= 11 is 0. The largest absolute Gasteiger partial charge is 0.453 e. The molecule has 0 N–H and O–H groups in total. The van der Waals surface area contributed by atoms with Crippen LogP contribution >= 0.6 is 0 Å². The van der Waals surface area contributed by atoms with Crippen LogP contribution in [0, 0.1) is 13.8 Å². The van der Waals surface area contributed by atoms with Gasteiger partial charge in [-0.05, 0) is 31.9 Å². The molecule has 0 radical (unpaired) electrons. The van der Waals surface area contributed by atoms with Gasteiger partial charge in [-0.3, -0.25) is 0 Å². The summed E-state index contributed by atoms with van der Waals surface area (Å²) in [5, 5.41) is 0. The first-order valence-electron chi connectivity index (χ1n) is 5.55. The van der Waals surface area contributed by atoms with E-state index in [1.807, 2.05) is 0 Å². The smallest absolute Gasteiger partial charge is 0.422 e. The van der Waals surface area contributed by atoms with Crippen molar-refractivity contribution in [1.82, 2.24) is 0 Å². The lowest BCUT2D eigenvalue weighted by atomic mass is 10.1. The second-order valence-corrected chi connectivity index (χ2v) is 4.06. The molecule has 0 heterocycles. The summed E-state index contributed by atoms with van der Waals surface area (Å²) in [6.07, 6.45) is -4.47. The molecule has 1 rings (SSSR count). The molecule has 0 fully saturated rings. The van der Waals surface area contributed by atoms with E-state index in [4.69, 9.17) is 0 Å². The lowest BCUT2D eigenvalue weighted by Crippen LogP contribution is -2.20. The Morgan fingerprint density at radius 1 is 1.21 bits per heavy atom. The number of aryl methyl sites for hydroxylation is 2. The quantitative estimate of drug-likeness (QED) is 0.602. The van der Waals surface area contributed by atoms with E-state index in [9.17, 15) is 18.0 Å². The minimum absolute atomic E-state index is 0.0470. The van der Waals surface area contributed by atoms with E-state index < -0.39 is 18.8 Å². The summed E-state index contributed by atoms with van der Waals surface area (Å²) in [7, 11) is 0. The highest BCUT2D eigenvalue weighted by atomic mass is 19.4. The maximum Gasteiger partial charge on any atom is 0.422 e. The van der Waals surface area contributed by atoms with Crippen molar-refractivity contribution in [2.24, 2.45) is 0 Å². The van der Waals surface area contributed by atoms with Gasteiger partial charge in [0.1, 0.15) is 0 Å². The first-order valence-corrected chi connectivity index (χ1v) is 5.55. The van der Waals surface area contributed by atoms with Crippen LogP contribution in [0.4, 0.5) is 13.2 Å². The molecule has 19 heavy (non-hydrogen) atoms. The molecule has 106 valence electrons. The standard InChI is InChI=1S/C8H10.C6H7F3O2/c1-7-5-3-4-6-8(7)2;1-4(2)5(10)11-3-6(7,8)9/h3-6H,1-2H3;1,3H2,2H3. The minimum atomic E-state index is -4.47. The van der Waals surface area contributed by atoms with E-state index in [0.29, 0.717) is 0 Å². The van der Waals surface area contributed by atoms with Crippen molar-refractivity contribution in [2.45, 2.75) is 26.9 Å². The molecule has 0 spiro atoms. The summed E-state index contributed by atoms with van der Waals surface area (Å²) in [4.78, 5) is 10.4. The van der Waals surface area contributed by atoms with Gasteiger partial charge in [-0.15, -0.1) is 0 Å². The minimum Gasteiger partial charge on any atom is -0.453 e. The van der Waals surface area contributed by atoms with E-state index in [0.717, 1.165) is 0 Å². The van der Waals surface area contributed by atoms with Crippen molar-refractivity contribution in [1.29, 1.82) is 0 Å². The van der Waals surface area contributed by atoms with Gasteiger partial charge in [-0.25, -0.2) is 4.79 Å². The maximum absolute atomic E-state index is 11.4. The molecule has 0 amide bonds. The molecule has 1 aromatic rings. The number of carbonyl (C=O) groups is 1. The molecule has 0 bridgehead atoms. The fourth-order valence-electron chi connectivity index (χ4n) is 0.933. The lowest BCUT2D eigenvalue weighted by Gasteiger charge is -2.06. The van der Waals surface area contributed by atoms with Crippen LogP contribution < -0.4 is 0 Å². The van der Waals surface area contributed by atoms with Crippen molar-refractivity contribution in [3.63, 3.8) is 0 Å². The first kappa shape index (κ1) is 17.2. The Kier molecular flexibility index (Phi) is 6.90. The van der Waals surface area contributed by atoms with Gasteiger partial charge in [0.25, 0.3) is 0 Å². The van der Waals surface area contributed by atoms with Gasteiger partial charge in [-0.1, -0.05) is 30.8 Å². The predicted octanol–water partition coefficient (Wildman–Crippen LogP) is 3.97. The zero-order chi connectivity index (χ0) is 15.1. The van der Waals surface area contributed by atoms with Gasteiger partial charge >= 0.3 is 12.1 Å². The first-order chi connectivity index (χ1) is 8.63. The Bertz CT molecular complexity index is 416. The van der Waals surface area contributed by atoms with Gasteiger partial charge in [0.2, 0.25) is 0 Å². The summed E-state index contributed by atoms with van der Waals surface area (Å²) in [5.41, 5.74) is 2.69. The van der Waals surface area contributed by atoms with E-state index >= 15 is 0 Å². The van der Waals surface area contributed by atoms with Gasteiger partial charge in [-0.2, -0.15) is 13.2 Å². The summed E-state index contributed by atoms with van der Waals surface area (Å²) in [5.74, 6) is -1.03. The summed E-state index contributed by atoms with van der Waals surface area (Å²) in [6.45, 7) is 7.07. The second kappa shape index (κ2) is 7.61. The molecule has 0 aliphatic heterocycles. The number of alkyl halides is 3. The average Bonchev–Trinajstić information content (AvgIpc) is 2.29. The zero-order valence-electron chi connectivity index (χ0n) is 11.2. The normalized spacial score (nSPS) is 10.2. The molecule has 5 heteroatoms. The maximum atomic E-state index is 11.4. The third kappa shape index (κ3) is 8.88. The van der Waals surface area contributed by atoms with Crippen molar-refractivity contribution >= 4 is 5.97 Å². The SMILES string of the molecule is C=C(C)C(=O)OCC(F)(F)F.Cc1ccccc1C. The number of halogens is 3. The van der Waals surface area contributed by atoms with Gasteiger partial charge in [0.05, 0.1) is 0 Å². The molecule has 0 aromatic heterocycles. The fraction of sp³-hybridized carbons (Fsp3) is 0.357. The fourth-order valence-corrected chi connectivity index (χ4v) is 0.933. The number of rotatable bonds is 2.